The Labute approximate surface area is 89.2 Å². The molecule has 0 aromatic heterocycles. The Kier molecular flexibility index (Phi) is 4.00. The van der Waals surface area contributed by atoms with Gasteiger partial charge in [0.25, 0.3) is 0 Å². The molecule has 0 aliphatic carbocycles. The van der Waals surface area contributed by atoms with Crippen LogP contribution in [0.25, 0.3) is 0 Å². The van der Waals surface area contributed by atoms with Gasteiger partial charge < -0.3 is 4.74 Å². The van der Waals surface area contributed by atoms with Crippen LogP contribution in [-0.2, 0) is 4.74 Å². The molecule has 1 heterocycles. The molecule has 0 amide bonds. The van der Waals surface area contributed by atoms with E-state index in [1.54, 1.807) is 0 Å². The molecule has 0 N–H and O–H groups in total. The lowest BCUT2D eigenvalue weighted by atomic mass is 9.73. The van der Waals surface area contributed by atoms with Gasteiger partial charge in [-0.25, -0.2) is 0 Å². The Hall–Kier alpha value is -0.0400. The molecule has 5 atom stereocenters. The fourth-order valence-electron chi connectivity index (χ4n) is 2.80. The van der Waals surface area contributed by atoms with Crippen molar-refractivity contribution >= 4 is 0 Å². The maximum atomic E-state index is 6.19. The van der Waals surface area contributed by atoms with Crippen LogP contribution in [0.3, 0.4) is 0 Å². The van der Waals surface area contributed by atoms with Crippen molar-refractivity contribution in [3.8, 4) is 0 Å². The smallest absolute Gasteiger partial charge is 0.0630 e. The summed E-state index contributed by atoms with van der Waals surface area (Å²) >= 11 is 0. The Morgan fingerprint density at radius 1 is 1.00 bits per heavy atom. The van der Waals surface area contributed by atoms with E-state index in [1.807, 2.05) is 0 Å². The van der Waals surface area contributed by atoms with E-state index in [0.717, 1.165) is 12.3 Å². The molecule has 1 aliphatic rings. The molecule has 1 saturated heterocycles. The lowest BCUT2D eigenvalue weighted by Gasteiger charge is -2.45. The van der Waals surface area contributed by atoms with Gasteiger partial charge in [0.15, 0.2) is 0 Å². The molecule has 0 aromatic carbocycles. The second-order valence-electron chi connectivity index (χ2n) is 5.37. The van der Waals surface area contributed by atoms with Crippen LogP contribution in [-0.4, -0.2) is 12.2 Å². The van der Waals surface area contributed by atoms with Gasteiger partial charge in [0.2, 0.25) is 0 Å². The van der Waals surface area contributed by atoms with Crippen molar-refractivity contribution in [3.05, 3.63) is 0 Å². The number of hydrogen-bond donors (Lipinski definition) is 0. The predicted octanol–water partition coefficient (Wildman–Crippen LogP) is 3.73. The Morgan fingerprint density at radius 2 is 1.57 bits per heavy atom. The SMILES string of the molecule is CCC1O[C@@H](C(C)C)C(C)[C@H](C)[C@@H]1C. The topological polar surface area (TPSA) is 9.23 Å². The second kappa shape index (κ2) is 4.65. The van der Waals surface area contributed by atoms with Crippen molar-refractivity contribution in [3.63, 3.8) is 0 Å². The monoisotopic (exact) mass is 198 g/mol. The molecule has 0 spiro atoms. The predicted molar refractivity (Wildman–Crippen MR) is 61.3 cm³/mol. The fourth-order valence-corrected chi connectivity index (χ4v) is 2.80. The highest BCUT2D eigenvalue weighted by Gasteiger charge is 2.39. The zero-order valence-electron chi connectivity index (χ0n) is 10.6. The molecule has 14 heavy (non-hydrogen) atoms. The van der Waals surface area contributed by atoms with E-state index in [1.165, 1.54) is 0 Å². The van der Waals surface area contributed by atoms with Gasteiger partial charge in [-0.3, -0.25) is 0 Å². The minimum Gasteiger partial charge on any atom is -0.374 e. The highest BCUT2D eigenvalue weighted by Crippen LogP contribution is 2.38. The van der Waals surface area contributed by atoms with Crippen LogP contribution in [0, 0.1) is 23.7 Å². The molecular weight excluding hydrogens is 172 g/mol. The third-order valence-electron chi connectivity index (χ3n) is 4.15. The van der Waals surface area contributed by atoms with Gasteiger partial charge in [0.1, 0.15) is 0 Å². The molecular formula is C13H26O. The lowest BCUT2D eigenvalue weighted by molar-refractivity contribution is -0.149. The van der Waals surface area contributed by atoms with Gasteiger partial charge in [-0.15, -0.1) is 0 Å². The van der Waals surface area contributed by atoms with Gasteiger partial charge in [-0.2, -0.15) is 0 Å². The normalized spacial score (nSPS) is 44.4. The molecule has 1 rings (SSSR count). The van der Waals surface area contributed by atoms with E-state index in [0.29, 0.717) is 30.0 Å². The molecule has 1 nitrogen and oxygen atoms in total. The summed E-state index contributed by atoms with van der Waals surface area (Å²) in [6.07, 6.45) is 2.10. The first-order valence-corrected chi connectivity index (χ1v) is 6.14. The third-order valence-corrected chi connectivity index (χ3v) is 4.15. The van der Waals surface area contributed by atoms with E-state index < -0.39 is 0 Å². The summed E-state index contributed by atoms with van der Waals surface area (Å²) in [6.45, 7) is 13.9. The van der Waals surface area contributed by atoms with Gasteiger partial charge in [-0.05, 0) is 30.1 Å². The molecule has 0 saturated carbocycles. The van der Waals surface area contributed by atoms with Crippen molar-refractivity contribution in [1.82, 2.24) is 0 Å². The zero-order valence-corrected chi connectivity index (χ0v) is 10.6. The van der Waals surface area contributed by atoms with Gasteiger partial charge in [0, 0.05) is 0 Å². The molecule has 1 heteroatoms. The summed E-state index contributed by atoms with van der Waals surface area (Å²) in [5, 5.41) is 0. The Morgan fingerprint density at radius 3 is 2.00 bits per heavy atom. The number of rotatable bonds is 2. The first kappa shape index (κ1) is 12.0. The summed E-state index contributed by atoms with van der Waals surface area (Å²) in [6, 6.07) is 0. The van der Waals surface area contributed by atoms with Crippen molar-refractivity contribution in [2.75, 3.05) is 0 Å². The van der Waals surface area contributed by atoms with Gasteiger partial charge >= 0.3 is 0 Å². The van der Waals surface area contributed by atoms with Gasteiger partial charge in [-0.1, -0.05) is 41.5 Å². The highest BCUT2D eigenvalue weighted by atomic mass is 16.5. The van der Waals surface area contributed by atoms with Crippen LogP contribution in [0.1, 0.15) is 48.0 Å². The van der Waals surface area contributed by atoms with Crippen LogP contribution >= 0.6 is 0 Å². The standard InChI is InChI=1S/C13H26O/c1-7-12-10(5)9(4)11(6)13(14-12)8(2)3/h8-13H,7H2,1-6H3/t9-,10+,11?,12?,13+/m1/s1. The number of hydrogen-bond acceptors (Lipinski definition) is 1. The molecule has 1 aliphatic heterocycles. The summed E-state index contributed by atoms with van der Waals surface area (Å²) in [7, 11) is 0. The van der Waals surface area contributed by atoms with Crippen LogP contribution in [0.2, 0.25) is 0 Å². The van der Waals surface area contributed by atoms with Gasteiger partial charge in [0.05, 0.1) is 12.2 Å². The van der Waals surface area contributed by atoms with E-state index in [9.17, 15) is 0 Å². The van der Waals surface area contributed by atoms with Crippen LogP contribution in [0.15, 0.2) is 0 Å². The van der Waals surface area contributed by atoms with E-state index in [2.05, 4.69) is 41.5 Å². The average molecular weight is 198 g/mol. The number of ether oxygens (including phenoxy) is 1. The Bertz CT molecular complexity index is 174. The van der Waals surface area contributed by atoms with Crippen molar-refractivity contribution in [2.45, 2.75) is 60.2 Å². The summed E-state index contributed by atoms with van der Waals surface area (Å²) in [5.41, 5.74) is 0. The molecule has 1 fully saturated rings. The van der Waals surface area contributed by atoms with Crippen LogP contribution < -0.4 is 0 Å². The average Bonchev–Trinajstić information content (AvgIpc) is 2.14. The third kappa shape index (κ3) is 2.13. The summed E-state index contributed by atoms with van der Waals surface area (Å²) < 4.78 is 6.19. The quantitative estimate of drug-likeness (QED) is 0.657. The molecule has 0 aromatic rings. The van der Waals surface area contributed by atoms with Crippen LogP contribution in [0.4, 0.5) is 0 Å². The summed E-state index contributed by atoms with van der Waals surface area (Å²) in [5.74, 6) is 2.85. The fraction of sp³-hybridized carbons (Fsp3) is 1.00. The lowest BCUT2D eigenvalue weighted by Crippen LogP contribution is -2.46. The molecule has 0 bridgehead atoms. The van der Waals surface area contributed by atoms with Crippen molar-refractivity contribution < 1.29 is 4.74 Å². The Balaban J connectivity index is 2.73. The summed E-state index contributed by atoms with van der Waals surface area (Å²) in [4.78, 5) is 0. The molecule has 0 radical (unpaired) electrons. The van der Waals surface area contributed by atoms with Crippen molar-refractivity contribution in [1.29, 1.82) is 0 Å². The first-order valence-electron chi connectivity index (χ1n) is 6.14. The second-order valence-corrected chi connectivity index (χ2v) is 5.37. The highest BCUT2D eigenvalue weighted by molar-refractivity contribution is 4.86. The minimum atomic E-state index is 0.464. The maximum Gasteiger partial charge on any atom is 0.0630 e. The molecule has 84 valence electrons. The zero-order chi connectivity index (χ0) is 10.9. The molecule has 2 unspecified atom stereocenters. The van der Waals surface area contributed by atoms with E-state index in [-0.39, 0.29) is 0 Å². The van der Waals surface area contributed by atoms with Crippen LogP contribution in [0.5, 0.6) is 0 Å². The maximum absolute atomic E-state index is 6.19. The first-order chi connectivity index (χ1) is 6.49. The van der Waals surface area contributed by atoms with E-state index >= 15 is 0 Å². The van der Waals surface area contributed by atoms with E-state index in [4.69, 9.17) is 4.74 Å². The minimum absolute atomic E-state index is 0.464. The van der Waals surface area contributed by atoms with Crippen molar-refractivity contribution in [2.24, 2.45) is 23.7 Å². The largest absolute Gasteiger partial charge is 0.374 e.